The van der Waals surface area contributed by atoms with Gasteiger partial charge in [-0.1, -0.05) is 23.8 Å². The zero-order valence-corrected chi connectivity index (χ0v) is 13.4. The smallest absolute Gasteiger partial charge is 0.338 e. The summed E-state index contributed by atoms with van der Waals surface area (Å²) in [4.78, 5) is 11.3. The second-order valence-electron chi connectivity index (χ2n) is 4.39. The Kier molecular flexibility index (Phi) is 4.34. The van der Waals surface area contributed by atoms with Crippen LogP contribution in [0.15, 0.2) is 51.8 Å². The second kappa shape index (κ2) is 5.87. The predicted molar refractivity (Wildman–Crippen MR) is 83.1 cm³/mol. The molecule has 0 amide bonds. The van der Waals surface area contributed by atoms with Crippen molar-refractivity contribution in [3.05, 3.63) is 58.1 Å². The molecule has 0 heterocycles. The van der Waals surface area contributed by atoms with Gasteiger partial charge < -0.3 is 5.11 Å². The molecule has 0 saturated heterocycles. The Bertz CT molecular complexity index is 785. The van der Waals surface area contributed by atoms with Crippen LogP contribution >= 0.6 is 15.9 Å². The highest BCUT2D eigenvalue weighted by Crippen LogP contribution is 2.27. The lowest BCUT2D eigenvalue weighted by Crippen LogP contribution is -2.15. The van der Waals surface area contributed by atoms with Gasteiger partial charge in [0.25, 0.3) is 10.0 Å². The number of sulfonamides is 1. The number of hydrogen-bond donors (Lipinski definition) is 2. The maximum atomic E-state index is 12.3. The molecule has 0 aromatic heterocycles. The first kappa shape index (κ1) is 15.5. The molecular formula is C14H12BrNO4S. The second-order valence-corrected chi connectivity index (χ2v) is 6.92. The number of nitrogens with one attached hydrogen (secondary N) is 1. The summed E-state index contributed by atoms with van der Waals surface area (Å²) >= 11 is 3.11. The number of carbonyl (C=O) groups is 1. The fraction of sp³-hybridized carbons (Fsp3) is 0.0714. The lowest BCUT2D eigenvalue weighted by molar-refractivity contribution is 0.0697. The molecule has 110 valence electrons. The standard InChI is InChI=1S/C14H12BrNO4S/c1-9-5-7-10(8-6-9)21(19,20)16-12-4-2-3-11(15)13(12)14(17)18/h2-8,16H,1H3,(H,17,18). The minimum atomic E-state index is -3.84. The number of aromatic carboxylic acids is 1. The quantitative estimate of drug-likeness (QED) is 0.866. The van der Waals surface area contributed by atoms with E-state index in [9.17, 15) is 18.3 Å². The number of anilines is 1. The Hall–Kier alpha value is -1.86. The number of carboxylic acids is 1. The number of rotatable bonds is 4. The molecule has 2 aromatic rings. The molecule has 0 aliphatic carbocycles. The Balaban J connectivity index is 2.44. The maximum absolute atomic E-state index is 12.3. The molecule has 2 aromatic carbocycles. The van der Waals surface area contributed by atoms with Crippen LogP contribution in [-0.2, 0) is 10.0 Å². The minimum Gasteiger partial charge on any atom is -0.478 e. The van der Waals surface area contributed by atoms with Crippen molar-refractivity contribution >= 4 is 37.6 Å². The van der Waals surface area contributed by atoms with Crippen LogP contribution < -0.4 is 4.72 Å². The lowest BCUT2D eigenvalue weighted by Gasteiger charge is -2.11. The van der Waals surface area contributed by atoms with Crippen LogP contribution in [0.4, 0.5) is 5.69 Å². The van der Waals surface area contributed by atoms with Gasteiger partial charge in [0, 0.05) is 4.47 Å². The molecule has 0 unspecified atom stereocenters. The molecule has 7 heteroatoms. The van der Waals surface area contributed by atoms with E-state index in [0.29, 0.717) is 4.47 Å². The predicted octanol–water partition coefficient (Wildman–Crippen LogP) is 3.26. The monoisotopic (exact) mass is 369 g/mol. The van der Waals surface area contributed by atoms with Crippen LogP contribution in [0.1, 0.15) is 15.9 Å². The molecule has 2 N–H and O–H groups in total. The van der Waals surface area contributed by atoms with Crippen molar-refractivity contribution in [2.45, 2.75) is 11.8 Å². The summed E-state index contributed by atoms with van der Waals surface area (Å²) in [7, 11) is -3.84. The van der Waals surface area contributed by atoms with E-state index in [2.05, 4.69) is 20.7 Å². The average Bonchev–Trinajstić information content (AvgIpc) is 2.38. The Labute approximate surface area is 130 Å². The van der Waals surface area contributed by atoms with E-state index in [1.165, 1.54) is 24.3 Å². The van der Waals surface area contributed by atoms with Crippen molar-refractivity contribution in [2.75, 3.05) is 4.72 Å². The first-order chi connectivity index (χ1) is 9.81. The Morgan fingerprint density at radius 1 is 1.14 bits per heavy atom. The van der Waals surface area contributed by atoms with Crippen LogP contribution in [0, 0.1) is 6.92 Å². The van der Waals surface area contributed by atoms with Crippen molar-refractivity contribution in [3.8, 4) is 0 Å². The van der Waals surface area contributed by atoms with E-state index < -0.39 is 16.0 Å². The van der Waals surface area contributed by atoms with Crippen LogP contribution in [0.2, 0.25) is 0 Å². The van der Waals surface area contributed by atoms with E-state index >= 15 is 0 Å². The van der Waals surface area contributed by atoms with E-state index in [1.54, 1.807) is 18.2 Å². The molecule has 21 heavy (non-hydrogen) atoms. The molecular weight excluding hydrogens is 358 g/mol. The first-order valence-electron chi connectivity index (χ1n) is 5.92. The number of hydrogen-bond acceptors (Lipinski definition) is 3. The molecule has 0 saturated carbocycles. The maximum Gasteiger partial charge on any atom is 0.338 e. The molecule has 0 aliphatic rings. The Morgan fingerprint density at radius 2 is 1.76 bits per heavy atom. The van der Waals surface area contributed by atoms with Crippen molar-refractivity contribution in [3.63, 3.8) is 0 Å². The SMILES string of the molecule is Cc1ccc(S(=O)(=O)Nc2cccc(Br)c2C(=O)O)cc1. The zero-order chi connectivity index (χ0) is 15.6. The van der Waals surface area contributed by atoms with Gasteiger partial charge in [-0.15, -0.1) is 0 Å². The lowest BCUT2D eigenvalue weighted by atomic mass is 10.2. The molecule has 0 bridgehead atoms. The number of carboxylic acid groups (broad SMARTS) is 1. The van der Waals surface area contributed by atoms with Crippen LogP contribution in [-0.4, -0.2) is 19.5 Å². The summed E-state index contributed by atoms with van der Waals surface area (Å²) < 4.78 is 27.2. The Morgan fingerprint density at radius 3 is 2.33 bits per heavy atom. The topological polar surface area (TPSA) is 83.5 Å². The highest BCUT2D eigenvalue weighted by atomic mass is 79.9. The molecule has 0 spiro atoms. The van der Waals surface area contributed by atoms with Gasteiger partial charge in [-0.25, -0.2) is 13.2 Å². The summed E-state index contributed by atoms with van der Waals surface area (Å²) in [5, 5.41) is 9.19. The highest BCUT2D eigenvalue weighted by molar-refractivity contribution is 9.10. The molecule has 5 nitrogen and oxygen atoms in total. The van der Waals surface area contributed by atoms with Gasteiger partial charge in [-0.05, 0) is 47.1 Å². The van der Waals surface area contributed by atoms with Crippen LogP contribution in [0.3, 0.4) is 0 Å². The van der Waals surface area contributed by atoms with Crippen molar-refractivity contribution in [1.29, 1.82) is 0 Å². The van der Waals surface area contributed by atoms with Gasteiger partial charge in [0.2, 0.25) is 0 Å². The minimum absolute atomic E-state index is 0.0115. The fourth-order valence-corrected chi connectivity index (χ4v) is 3.36. The molecule has 0 atom stereocenters. The van der Waals surface area contributed by atoms with Crippen molar-refractivity contribution in [1.82, 2.24) is 0 Å². The van der Waals surface area contributed by atoms with Crippen LogP contribution in [0.25, 0.3) is 0 Å². The van der Waals surface area contributed by atoms with Gasteiger partial charge in [-0.2, -0.15) is 0 Å². The van der Waals surface area contributed by atoms with E-state index in [4.69, 9.17) is 0 Å². The van der Waals surface area contributed by atoms with Gasteiger partial charge >= 0.3 is 5.97 Å². The summed E-state index contributed by atoms with van der Waals surface area (Å²) in [6, 6.07) is 10.8. The van der Waals surface area contributed by atoms with Gasteiger partial charge in [0.1, 0.15) is 0 Å². The molecule has 2 rings (SSSR count). The normalized spacial score (nSPS) is 11.1. The molecule has 0 aliphatic heterocycles. The molecule has 0 fully saturated rings. The number of aryl methyl sites for hydroxylation is 1. The summed E-state index contributed by atoms with van der Waals surface area (Å²) in [6.45, 7) is 1.85. The number of halogens is 1. The van der Waals surface area contributed by atoms with Gasteiger partial charge in [-0.3, -0.25) is 4.72 Å². The highest BCUT2D eigenvalue weighted by Gasteiger charge is 2.20. The average molecular weight is 370 g/mol. The van der Waals surface area contributed by atoms with Crippen molar-refractivity contribution in [2.24, 2.45) is 0 Å². The largest absolute Gasteiger partial charge is 0.478 e. The third-order valence-electron chi connectivity index (χ3n) is 2.80. The fourth-order valence-electron chi connectivity index (χ4n) is 1.75. The van der Waals surface area contributed by atoms with E-state index in [1.807, 2.05) is 6.92 Å². The van der Waals surface area contributed by atoms with Gasteiger partial charge in [0.15, 0.2) is 0 Å². The zero-order valence-electron chi connectivity index (χ0n) is 11.0. The van der Waals surface area contributed by atoms with Gasteiger partial charge in [0.05, 0.1) is 16.1 Å². The summed E-state index contributed by atoms with van der Waals surface area (Å²) in [5.41, 5.74) is 0.813. The van der Waals surface area contributed by atoms with E-state index in [-0.39, 0.29) is 16.1 Å². The summed E-state index contributed by atoms with van der Waals surface area (Å²) in [6.07, 6.45) is 0. The third kappa shape index (κ3) is 3.43. The molecule has 0 radical (unpaired) electrons. The van der Waals surface area contributed by atoms with E-state index in [0.717, 1.165) is 5.56 Å². The van der Waals surface area contributed by atoms with Crippen molar-refractivity contribution < 1.29 is 18.3 Å². The first-order valence-corrected chi connectivity index (χ1v) is 8.20. The summed E-state index contributed by atoms with van der Waals surface area (Å²) in [5.74, 6) is -1.22. The number of benzene rings is 2. The van der Waals surface area contributed by atoms with Crippen LogP contribution in [0.5, 0.6) is 0 Å². The third-order valence-corrected chi connectivity index (χ3v) is 4.85.